The van der Waals surface area contributed by atoms with Crippen molar-refractivity contribution in [1.29, 1.82) is 0 Å². The number of ether oxygens (including phenoxy) is 1. The lowest BCUT2D eigenvalue weighted by Gasteiger charge is -2.42. The van der Waals surface area contributed by atoms with Gasteiger partial charge in [0.15, 0.2) is 0 Å². The summed E-state index contributed by atoms with van der Waals surface area (Å²) in [6.07, 6.45) is -2.39. The standard InChI is InChI=1S/C27H25F3N6O2/c1-15-24(16(2)33-32-15)17-7-20-21(22(8-17)27(28,29)30)11-36(25(20)37)19-6-4-5-18(9-19)26(12-38-13-26)10-23-34-31-14-35(23)3/h4-9,14H,10-13H2,1-3H3,(H,32,33). The van der Waals surface area contributed by atoms with Crippen molar-refractivity contribution >= 4 is 11.6 Å². The molecule has 2 aromatic carbocycles. The number of aromatic nitrogens is 5. The molecule has 4 heterocycles. The van der Waals surface area contributed by atoms with Crippen molar-refractivity contribution in [3.8, 4) is 11.1 Å². The van der Waals surface area contributed by atoms with Gasteiger partial charge in [-0.25, -0.2) is 0 Å². The van der Waals surface area contributed by atoms with Crippen molar-refractivity contribution < 1.29 is 22.7 Å². The second-order valence-electron chi connectivity index (χ2n) is 10.1. The van der Waals surface area contributed by atoms with Crippen molar-refractivity contribution in [3.63, 3.8) is 0 Å². The zero-order valence-corrected chi connectivity index (χ0v) is 21.1. The number of amides is 1. The first kappa shape index (κ1) is 24.4. The second kappa shape index (κ2) is 8.52. The maximum atomic E-state index is 14.2. The number of aryl methyl sites for hydroxylation is 3. The van der Waals surface area contributed by atoms with Crippen molar-refractivity contribution in [2.24, 2.45) is 7.05 Å². The summed E-state index contributed by atoms with van der Waals surface area (Å²) in [5, 5.41) is 15.1. The van der Waals surface area contributed by atoms with Crippen molar-refractivity contribution in [2.45, 2.75) is 38.4 Å². The lowest BCUT2D eigenvalue weighted by Crippen LogP contribution is -2.49. The van der Waals surface area contributed by atoms with Gasteiger partial charge in [0.1, 0.15) is 12.2 Å². The summed E-state index contributed by atoms with van der Waals surface area (Å²) >= 11 is 0. The van der Waals surface area contributed by atoms with Gasteiger partial charge in [0.2, 0.25) is 0 Å². The molecule has 0 radical (unpaired) electrons. The molecule has 0 atom stereocenters. The number of carbonyl (C=O) groups excluding carboxylic acids is 1. The molecule has 1 saturated heterocycles. The molecule has 11 heteroatoms. The highest BCUT2D eigenvalue weighted by Crippen LogP contribution is 2.43. The number of benzene rings is 2. The number of nitrogens with zero attached hydrogens (tertiary/aromatic N) is 5. The van der Waals surface area contributed by atoms with Gasteiger partial charge in [-0.2, -0.15) is 18.3 Å². The summed E-state index contributed by atoms with van der Waals surface area (Å²) in [5.41, 5.74) is 2.46. The van der Waals surface area contributed by atoms with E-state index in [2.05, 4.69) is 20.4 Å². The number of anilines is 1. The predicted molar refractivity (Wildman–Crippen MR) is 133 cm³/mol. The Morgan fingerprint density at radius 3 is 2.55 bits per heavy atom. The average molecular weight is 523 g/mol. The fourth-order valence-electron chi connectivity index (χ4n) is 5.48. The van der Waals surface area contributed by atoms with Gasteiger partial charge in [0, 0.05) is 41.4 Å². The van der Waals surface area contributed by atoms with E-state index in [1.54, 1.807) is 32.3 Å². The fourth-order valence-corrected chi connectivity index (χ4v) is 5.48. The summed E-state index contributed by atoms with van der Waals surface area (Å²) in [6.45, 7) is 4.25. The summed E-state index contributed by atoms with van der Waals surface area (Å²) in [6, 6.07) is 10.1. The number of hydrogen-bond acceptors (Lipinski definition) is 5. The third-order valence-electron chi connectivity index (χ3n) is 7.59. The number of halogens is 3. The molecule has 4 aromatic rings. The number of alkyl halides is 3. The highest BCUT2D eigenvalue weighted by molar-refractivity contribution is 6.11. The Bertz CT molecular complexity index is 1550. The zero-order valence-electron chi connectivity index (χ0n) is 21.1. The minimum absolute atomic E-state index is 0.0174. The van der Waals surface area contributed by atoms with Crippen LogP contribution in [0.2, 0.25) is 0 Å². The fraction of sp³-hybridized carbons (Fsp3) is 0.333. The van der Waals surface area contributed by atoms with Gasteiger partial charge in [0.05, 0.1) is 31.0 Å². The number of rotatable bonds is 5. The number of H-pyrrole nitrogens is 1. The molecular formula is C27H25F3N6O2. The van der Waals surface area contributed by atoms with E-state index in [1.807, 2.05) is 29.8 Å². The summed E-state index contributed by atoms with van der Waals surface area (Å²) < 4.78 is 50.1. The molecule has 0 bridgehead atoms. The molecule has 196 valence electrons. The Kier molecular flexibility index (Phi) is 5.46. The minimum atomic E-state index is -4.62. The number of fused-ring (bicyclic) bond motifs is 1. The van der Waals surface area contributed by atoms with Gasteiger partial charge in [-0.1, -0.05) is 12.1 Å². The molecule has 6 rings (SSSR count). The molecule has 1 fully saturated rings. The van der Waals surface area contributed by atoms with Crippen LogP contribution in [0.25, 0.3) is 11.1 Å². The van der Waals surface area contributed by atoms with Crippen LogP contribution in [0.1, 0.15) is 44.3 Å². The molecular weight excluding hydrogens is 497 g/mol. The van der Waals surface area contributed by atoms with Crippen LogP contribution in [0, 0.1) is 13.8 Å². The lowest BCUT2D eigenvalue weighted by molar-refractivity contribution is -0.138. The van der Waals surface area contributed by atoms with E-state index in [9.17, 15) is 18.0 Å². The van der Waals surface area contributed by atoms with E-state index in [4.69, 9.17) is 4.74 Å². The third kappa shape index (κ3) is 3.80. The molecule has 1 amide bonds. The number of aromatic amines is 1. The lowest BCUT2D eigenvalue weighted by atomic mass is 9.75. The highest BCUT2D eigenvalue weighted by atomic mass is 19.4. The van der Waals surface area contributed by atoms with Crippen LogP contribution in [-0.4, -0.2) is 44.1 Å². The summed E-state index contributed by atoms with van der Waals surface area (Å²) in [7, 11) is 1.87. The van der Waals surface area contributed by atoms with E-state index in [0.29, 0.717) is 47.8 Å². The molecule has 0 unspecified atom stereocenters. The number of hydrogen-bond donors (Lipinski definition) is 1. The van der Waals surface area contributed by atoms with E-state index in [0.717, 1.165) is 17.5 Å². The number of carbonyl (C=O) groups is 1. The van der Waals surface area contributed by atoms with Crippen LogP contribution in [0.15, 0.2) is 42.7 Å². The first-order valence-electron chi connectivity index (χ1n) is 12.2. The van der Waals surface area contributed by atoms with Crippen LogP contribution in [-0.2, 0) is 36.3 Å². The maximum absolute atomic E-state index is 14.2. The van der Waals surface area contributed by atoms with Gasteiger partial charge in [-0.15, -0.1) is 10.2 Å². The van der Waals surface area contributed by atoms with Gasteiger partial charge in [-0.3, -0.25) is 9.89 Å². The average Bonchev–Trinajstić information content (AvgIpc) is 3.52. The second-order valence-corrected chi connectivity index (χ2v) is 10.1. The van der Waals surface area contributed by atoms with Crippen LogP contribution in [0.5, 0.6) is 0 Å². The first-order chi connectivity index (χ1) is 18.1. The molecule has 8 nitrogen and oxygen atoms in total. The molecule has 2 aliphatic rings. The normalized spacial score (nSPS) is 16.6. The van der Waals surface area contributed by atoms with Crippen molar-refractivity contribution in [2.75, 3.05) is 18.1 Å². The topological polar surface area (TPSA) is 88.9 Å². The smallest absolute Gasteiger partial charge is 0.379 e. The van der Waals surface area contributed by atoms with Gasteiger partial charge in [0.25, 0.3) is 5.91 Å². The quantitative estimate of drug-likeness (QED) is 0.417. The summed E-state index contributed by atoms with van der Waals surface area (Å²) in [4.78, 5) is 15.0. The molecule has 2 aliphatic heterocycles. The molecule has 2 aromatic heterocycles. The van der Waals surface area contributed by atoms with Gasteiger partial charge in [-0.05, 0) is 54.8 Å². The molecule has 1 N–H and O–H groups in total. The summed E-state index contributed by atoms with van der Waals surface area (Å²) in [5.74, 6) is 0.339. The molecule has 0 saturated carbocycles. The van der Waals surface area contributed by atoms with E-state index in [1.165, 1.54) is 4.90 Å². The van der Waals surface area contributed by atoms with Crippen LogP contribution in [0.4, 0.5) is 18.9 Å². The Labute approximate surface area is 216 Å². The zero-order chi connectivity index (χ0) is 26.8. The van der Waals surface area contributed by atoms with Gasteiger partial charge >= 0.3 is 6.18 Å². The number of nitrogens with one attached hydrogen (secondary N) is 1. The van der Waals surface area contributed by atoms with Gasteiger partial charge < -0.3 is 14.2 Å². The monoisotopic (exact) mass is 522 g/mol. The van der Waals surface area contributed by atoms with Crippen LogP contribution >= 0.6 is 0 Å². The Morgan fingerprint density at radius 1 is 1.16 bits per heavy atom. The largest absolute Gasteiger partial charge is 0.416 e. The predicted octanol–water partition coefficient (Wildman–Crippen LogP) is 4.51. The Balaban J connectivity index is 1.39. The van der Waals surface area contributed by atoms with Crippen molar-refractivity contribution in [3.05, 3.63) is 82.2 Å². The molecule has 0 aliphatic carbocycles. The molecule has 0 spiro atoms. The Hall–Kier alpha value is -3.99. The van der Waals surface area contributed by atoms with Crippen LogP contribution < -0.4 is 4.90 Å². The van der Waals surface area contributed by atoms with E-state index >= 15 is 0 Å². The van der Waals surface area contributed by atoms with E-state index in [-0.39, 0.29) is 23.1 Å². The van der Waals surface area contributed by atoms with Crippen molar-refractivity contribution in [1.82, 2.24) is 25.0 Å². The van der Waals surface area contributed by atoms with E-state index < -0.39 is 17.6 Å². The SMILES string of the molecule is Cc1n[nH]c(C)c1-c1cc2c(c(C(F)(F)F)c1)CN(c1cccc(C3(Cc4nncn4C)COC3)c1)C2=O. The minimum Gasteiger partial charge on any atom is -0.379 e. The molecule has 38 heavy (non-hydrogen) atoms. The Morgan fingerprint density at radius 2 is 1.95 bits per heavy atom. The third-order valence-corrected chi connectivity index (χ3v) is 7.59. The van der Waals surface area contributed by atoms with Crippen LogP contribution in [0.3, 0.4) is 0 Å². The first-order valence-corrected chi connectivity index (χ1v) is 12.2. The highest BCUT2D eigenvalue weighted by Gasteiger charge is 2.43. The maximum Gasteiger partial charge on any atom is 0.416 e.